The maximum absolute atomic E-state index is 4.21. The quantitative estimate of drug-likeness (QED) is 0.887. The summed E-state index contributed by atoms with van der Waals surface area (Å²) >= 11 is 0. The molecule has 3 rings (SSSR count). The van der Waals surface area contributed by atoms with E-state index in [4.69, 9.17) is 0 Å². The lowest BCUT2D eigenvalue weighted by molar-refractivity contribution is 0.206. The molecule has 0 bridgehead atoms. The van der Waals surface area contributed by atoms with Gasteiger partial charge in [-0.1, -0.05) is 37.3 Å². The molecule has 2 aromatic rings. The van der Waals surface area contributed by atoms with Crippen molar-refractivity contribution in [2.45, 2.75) is 32.4 Å². The molecule has 0 spiro atoms. The van der Waals surface area contributed by atoms with Gasteiger partial charge < -0.3 is 10.2 Å². The number of rotatable bonds is 5. The lowest BCUT2D eigenvalue weighted by Gasteiger charge is -2.31. The van der Waals surface area contributed by atoms with E-state index in [9.17, 15) is 0 Å². The highest BCUT2D eigenvalue weighted by molar-refractivity contribution is 5.62. The van der Waals surface area contributed by atoms with Gasteiger partial charge in [-0.2, -0.15) is 5.10 Å². The van der Waals surface area contributed by atoms with Crippen LogP contribution in [-0.4, -0.2) is 40.8 Å². The van der Waals surface area contributed by atoms with Gasteiger partial charge in [0, 0.05) is 18.2 Å². The SMILES string of the molecule is CCN1CCC(NCc2cn[nH]c2-c2ccccc2)CC1. The zero-order valence-electron chi connectivity index (χ0n) is 12.7. The van der Waals surface area contributed by atoms with Gasteiger partial charge in [-0.3, -0.25) is 5.10 Å². The van der Waals surface area contributed by atoms with Crippen molar-refractivity contribution in [2.75, 3.05) is 19.6 Å². The van der Waals surface area contributed by atoms with E-state index in [1.165, 1.54) is 43.6 Å². The Morgan fingerprint density at radius 2 is 2.00 bits per heavy atom. The van der Waals surface area contributed by atoms with Gasteiger partial charge in [0.2, 0.25) is 0 Å². The molecule has 2 N–H and O–H groups in total. The van der Waals surface area contributed by atoms with Crippen molar-refractivity contribution in [3.8, 4) is 11.3 Å². The number of nitrogens with zero attached hydrogens (tertiary/aromatic N) is 2. The number of benzene rings is 1. The summed E-state index contributed by atoms with van der Waals surface area (Å²) in [5.74, 6) is 0. The molecular weight excluding hydrogens is 260 g/mol. The molecule has 1 aromatic heterocycles. The van der Waals surface area contributed by atoms with Crippen LogP contribution < -0.4 is 5.32 Å². The minimum absolute atomic E-state index is 0.631. The summed E-state index contributed by atoms with van der Waals surface area (Å²) in [6.45, 7) is 6.73. The van der Waals surface area contributed by atoms with Crippen molar-refractivity contribution >= 4 is 0 Å². The molecule has 0 saturated carbocycles. The maximum Gasteiger partial charge on any atom is 0.0695 e. The van der Waals surface area contributed by atoms with Crippen molar-refractivity contribution in [2.24, 2.45) is 0 Å². The van der Waals surface area contributed by atoms with Gasteiger partial charge in [-0.05, 0) is 38.0 Å². The Labute approximate surface area is 126 Å². The second-order valence-corrected chi connectivity index (χ2v) is 5.73. The predicted molar refractivity (Wildman–Crippen MR) is 86.0 cm³/mol. The lowest BCUT2D eigenvalue weighted by atomic mass is 10.0. The van der Waals surface area contributed by atoms with Crippen molar-refractivity contribution in [3.05, 3.63) is 42.1 Å². The van der Waals surface area contributed by atoms with Crippen LogP contribution in [0.4, 0.5) is 0 Å². The van der Waals surface area contributed by atoms with Gasteiger partial charge in [0.15, 0.2) is 0 Å². The van der Waals surface area contributed by atoms with Crippen LogP contribution in [0.2, 0.25) is 0 Å². The fourth-order valence-corrected chi connectivity index (χ4v) is 3.01. The molecule has 1 fully saturated rings. The normalized spacial score (nSPS) is 17.2. The average molecular weight is 284 g/mol. The molecule has 21 heavy (non-hydrogen) atoms. The predicted octanol–water partition coefficient (Wildman–Crippen LogP) is 2.65. The number of piperidine rings is 1. The Morgan fingerprint density at radius 3 is 2.71 bits per heavy atom. The zero-order valence-corrected chi connectivity index (χ0v) is 12.7. The molecule has 4 heteroatoms. The molecule has 1 aromatic carbocycles. The summed E-state index contributed by atoms with van der Waals surface area (Å²) < 4.78 is 0. The first-order valence-electron chi connectivity index (χ1n) is 7.90. The molecular formula is C17H24N4. The highest BCUT2D eigenvalue weighted by Gasteiger charge is 2.18. The summed E-state index contributed by atoms with van der Waals surface area (Å²) in [6.07, 6.45) is 4.43. The van der Waals surface area contributed by atoms with Crippen LogP contribution in [0.3, 0.4) is 0 Å². The average Bonchev–Trinajstić information content (AvgIpc) is 3.03. The van der Waals surface area contributed by atoms with Gasteiger partial charge in [-0.25, -0.2) is 0 Å². The summed E-state index contributed by atoms with van der Waals surface area (Å²) in [4.78, 5) is 2.52. The highest BCUT2D eigenvalue weighted by Crippen LogP contribution is 2.21. The van der Waals surface area contributed by atoms with E-state index in [2.05, 4.69) is 51.6 Å². The smallest absolute Gasteiger partial charge is 0.0695 e. The van der Waals surface area contributed by atoms with Crippen LogP contribution in [0, 0.1) is 0 Å². The van der Waals surface area contributed by atoms with Crippen LogP contribution >= 0.6 is 0 Å². The molecule has 4 nitrogen and oxygen atoms in total. The molecule has 0 aliphatic carbocycles. The van der Waals surface area contributed by atoms with Crippen LogP contribution in [0.5, 0.6) is 0 Å². The molecule has 0 atom stereocenters. The molecule has 1 aliphatic heterocycles. The van der Waals surface area contributed by atoms with Gasteiger partial charge in [0.25, 0.3) is 0 Å². The molecule has 112 valence electrons. The molecule has 1 aliphatic rings. The molecule has 2 heterocycles. The minimum Gasteiger partial charge on any atom is -0.310 e. The van der Waals surface area contributed by atoms with E-state index < -0.39 is 0 Å². The van der Waals surface area contributed by atoms with Gasteiger partial charge >= 0.3 is 0 Å². The van der Waals surface area contributed by atoms with Crippen LogP contribution in [0.25, 0.3) is 11.3 Å². The number of hydrogen-bond donors (Lipinski definition) is 2. The second kappa shape index (κ2) is 6.87. The monoisotopic (exact) mass is 284 g/mol. The Kier molecular flexibility index (Phi) is 4.68. The number of nitrogens with one attached hydrogen (secondary N) is 2. The molecule has 0 radical (unpaired) electrons. The first-order valence-corrected chi connectivity index (χ1v) is 7.90. The fourth-order valence-electron chi connectivity index (χ4n) is 3.01. The third-order valence-electron chi connectivity index (χ3n) is 4.40. The largest absolute Gasteiger partial charge is 0.310 e. The number of likely N-dealkylation sites (tertiary alicyclic amines) is 1. The van der Waals surface area contributed by atoms with Crippen LogP contribution in [0.1, 0.15) is 25.3 Å². The molecule has 0 amide bonds. The zero-order chi connectivity index (χ0) is 14.5. The first kappa shape index (κ1) is 14.3. The van der Waals surface area contributed by atoms with Gasteiger partial charge in [-0.15, -0.1) is 0 Å². The Hall–Kier alpha value is -1.65. The van der Waals surface area contributed by atoms with E-state index in [0.717, 1.165) is 12.2 Å². The van der Waals surface area contributed by atoms with Crippen molar-refractivity contribution in [1.29, 1.82) is 0 Å². The topological polar surface area (TPSA) is 44.0 Å². The third-order valence-corrected chi connectivity index (χ3v) is 4.40. The van der Waals surface area contributed by atoms with Crippen molar-refractivity contribution in [1.82, 2.24) is 20.4 Å². The van der Waals surface area contributed by atoms with E-state index in [0.29, 0.717) is 6.04 Å². The van der Waals surface area contributed by atoms with Gasteiger partial charge in [0.1, 0.15) is 0 Å². The number of H-pyrrole nitrogens is 1. The maximum atomic E-state index is 4.21. The lowest BCUT2D eigenvalue weighted by Crippen LogP contribution is -2.42. The minimum atomic E-state index is 0.631. The Bertz CT molecular complexity index is 541. The molecule has 0 unspecified atom stereocenters. The number of aromatic amines is 1. The summed E-state index contributed by atoms with van der Waals surface area (Å²) in [5, 5.41) is 11.0. The number of aromatic nitrogens is 2. The second-order valence-electron chi connectivity index (χ2n) is 5.73. The Morgan fingerprint density at radius 1 is 1.24 bits per heavy atom. The van der Waals surface area contributed by atoms with E-state index in [-0.39, 0.29) is 0 Å². The summed E-state index contributed by atoms with van der Waals surface area (Å²) in [7, 11) is 0. The summed E-state index contributed by atoms with van der Waals surface area (Å²) in [5.41, 5.74) is 3.58. The third kappa shape index (κ3) is 3.52. The van der Waals surface area contributed by atoms with Crippen LogP contribution in [-0.2, 0) is 6.54 Å². The Balaban J connectivity index is 1.58. The fraction of sp³-hybridized carbons (Fsp3) is 0.471. The van der Waals surface area contributed by atoms with Crippen molar-refractivity contribution in [3.63, 3.8) is 0 Å². The standard InChI is InChI=1S/C17H24N4/c1-2-21-10-8-16(9-11-21)18-12-15-13-19-20-17(15)14-6-4-3-5-7-14/h3-7,13,16,18H,2,8-12H2,1H3,(H,19,20). The van der Waals surface area contributed by atoms with E-state index in [1.807, 2.05) is 12.3 Å². The van der Waals surface area contributed by atoms with Crippen molar-refractivity contribution < 1.29 is 0 Å². The summed E-state index contributed by atoms with van der Waals surface area (Å²) in [6, 6.07) is 11.0. The van der Waals surface area contributed by atoms with Gasteiger partial charge in [0.05, 0.1) is 11.9 Å². The van der Waals surface area contributed by atoms with Crippen LogP contribution in [0.15, 0.2) is 36.5 Å². The van der Waals surface area contributed by atoms with E-state index >= 15 is 0 Å². The highest BCUT2D eigenvalue weighted by atomic mass is 15.1. The molecule has 1 saturated heterocycles. The van der Waals surface area contributed by atoms with E-state index in [1.54, 1.807) is 0 Å². The number of hydrogen-bond acceptors (Lipinski definition) is 3. The first-order chi connectivity index (χ1) is 10.4.